The molecule has 2 atom stereocenters. The Balaban J connectivity index is 1.38. The quantitative estimate of drug-likeness (QED) is 0.652. The molecule has 2 aromatic rings. The van der Waals surface area contributed by atoms with Crippen molar-refractivity contribution in [1.29, 1.82) is 0 Å². The Morgan fingerprint density at radius 3 is 2.00 bits per heavy atom. The molecule has 2 unspecified atom stereocenters. The van der Waals surface area contributed by atoms with Gasteiger partial charge >= 0.3 is 0 Å². The predicted octanol–water partition coefficient (Wildman–Crippen LogP) is 3.84. The highest BCUT2D eigenvalue weighted by atomic mass is 35.5. The van der Waals surface area contributed by atoms with Crippen molar-refractivity contribution < 1.29 is 18.0 Å². The minimum atomic E-state index is -3.66. The minimum absolute atomic E-state index is 0.123. The molecule has 162 valence electrons. The van der Waals surface area contributed by atoms with Crippen LogP contribution in [0, 0.1) is 0 Å². The van der Waals surface area contributed by atoms with E-state index in [1.54, 1.807) is 34.6 Å². The topological polar surface area (TPSA) is 74.8 Å². The molecule has 3 heterocycles. The molecule has 2 bridgehead atoms. The van der Waals surface area contributed by atoms with Gasteiger partial charge < -0.3 is 0 Å². The predicted molar refractivity (Wildman–Crippen MR) is 117 cm³/mol. The second-order valence-corrected chi connectivity index (χ2v) is 10.8. The summed E-state index contributed by atoms with van der Waals surface area (Å²) in [4.78, 5) is 26.0. The molecule has 3 aliphatic heterocycles. The van der Waals surface area contributed by atoms with Gasteiger partial charge in [0.25, 0.3) is 0 Å². The van der Waals surface area contributed by atoms with E-state index in [-0.39, 0.29) is 47.7 Å². The van der Waals surface area contributed by atoms with E-state index in [0.29, 0.717) is 17.9 Å². The number of hydrogen-bond acceptors (Lipinski definition) is 4. The lowest BCUT2D eigenvalue weighted by Gasteiger charge is -2.40. The van der Waals surface area contributed by atoms with Gasteiger partial charge in [-0.05, 0) is 61.1 Å². The first-order valence-electron chi connectivity index (χ1n) is 10.6. The molecule has 2 amide bonds. The second-order valence-electron chi connectivity index (χ2n) is 8.54. The van der Waals surface area contributed by atoms with Gasteiger partial charge in [-0.25, -0.2) is 8.42 Å². The van der Waals surface area contributed by atoms with Crippen molar-refractivity contribution in [2.75, 3.05) is 0 Å². The Kier molecular flexibility index (Phi) is 5.15. The van der Waals surface area contributed by atoms with Crippen LogP contribution in [0.3, 0.4) is 0 Å². The van der Waals surface area contributed by atoms with Crippen LogP contribution < -0.4 is 0 Å². The van der Waals surface area contributed by atoms with E-state index in [1.807, 2.05) is 18.2 Å². The van der Waals surface area contributed by atoms with Gasteiger partial charge in [0.2, 0.25) is 21.8 Å². The van der Waals surface area contributed by atoms with E-state index in [9.17, 15) is 18.0 Å². The van der Waals surface area contributed by atoms with Crippen LogP contribution in [0.4, 0.5) is 0 Å². The molecule has 8 heteroatoms. The first-order valence-corrected chi connectivity index (χ1v) is 12.4. The lowest BCUT2D eigenvalue weighted by molar-refractivity contribution is -0.142. The number of rotatable bonds is 4. The van der Waals surface area contributed by atoms with Gasteiger partial charge in [0.15, 0.2) is 0 Å². The van der Waals surface area contributed by atoms with Gasteiger partial charge in [0, 0.05) is 36.0 Å². The highest BCUT2D eigenvalue weighted by molar-refractivity contribution is 7.89. The van der Waals surface area contributed by atoms with Gasteiger partial charge in [0.1, 0.15) is 0 Å². The zero-order valence-electron chi connectivity index (χ0n) is 16.9. The zero-order valence-corrected chi connectivity index (χ0v) is 18.5. The normalized spacial score (nSPS) is 26.6. The largest absolute Gasteiger partial charge is 0.279 e. The summed E-state index contributed by atoms with van der Waals surface area (Å²) in [5.74, 6) is -0.246. The average molecular weight is 459 g/mol. The molecule has 5 rings (SSSR count). The van der Waals surface area contributed by atoms with Crippen LogP contribution in [-0.2, 0) is 19.6 Å². The van der Waals surface area contributed by atoms with Crippen LogP contribution >= 0.6 is 11.6 Å². The average Bonchev–Trinajstić information content (AvgIpc) is 3.24. The number of halogens is 1. The SMILES string of the molecule is O=C1CCC(=O)N1C1CC2CCC(C1)N2S(=O)(=O)c1ccc(-c2cccc(Cl)c2)cc1. The van der Waals surface area contributed by atoms with Crippen molar-refractivity contribution in [2.45, 2.75) is 61.5 Å². The zero-order chi connectivity index (χ0) is 21.8. The first kappa shape index (κ1) is 20.7. The van der Waals surface area contributed by atoms with E-state index in [0.717, 1.165) is 24.0 Å². The summed E-state index contributed by atoms with van der Waals surface area (Å²) in [5.41, 5.74) is 1.83. The molecule has 0 radical (unpaired) electrons. The maximum atomic E-state index is 13.5. The number of piperidine rings is 1. The summed E-state index contributed by atoms with van der Waals surface area (Å²) in [5, 5.41) is 0.628. The highest BCUT2D eigenvalue weighted by Gasteiger charge is 2.50. The number of sulfonamides is 1. The van der Waals surface area contributed by atoms with Gasteiger partial charge in [-0.1, -0.05) is 35.9 Å². The Morgan fingerprint density at radius 1 is 0.806 bits per heavy atom. The van der Waals surface area contributed by atoms with E-state index in [1.165, 1.54) is 4.90 Å². The summed E-state index contributed by atoms with van der Waals surface area (Å²) >= 11 is 6.07. The smallest absolute Gasteiger partial charge is 0.243 e. The second kappa shape index (κ2) is 7.73. The van der Waals surface area contributed by atoms with Crippen molar-refractivity contribution >= 4 is 33.4 Å². The van der Waals surface area contributed by atoms with Crippen LogP contribution in [0.15, 0.2) is 53.4 Å². The minimum Gasteiger partial charge on any atom is -0.279 e. The maximum Gasteiger partial charge on any atom is 0.243 e. The number of nitrogens with zero attached hydrogens (tertiary/aromatic N) is 2. The Hall–Kier alpha value is -2.22. The lowest BCUT2D eigenvalue weighted by atomic mass is 9.98. The van der Waals surface area contributed by atoms with Gasteiger partial charge in [-0.15, -0.1) is 0 Å². The Bertz CT molecular complexity index is 1120. The molecule has 0 aromatic heterocycles. The van der Waals surface area contributed by atoms with Crippen molar-refractivity contribution in [3.05, 3.63) is 53.6 Å². The number of carbonyl (C=O) groups excluding carboxylic acids is 2. The fourth-order valence-corrected chi connectivity index (χ4v) is 7.40. The monoisotopic (exact) mass is 458 g/mol. The van der Waals surface area contributed by atoms with E-state index < -0.39 is 10.0 Å². The molecule has 3 saturated heterocycles. The van der Waals surface area contributed by atoms with Crippen LogP contribution in [-0.4, -0.2) is 47.6 Å². The molecule has 0 aliphatic carbocycles. The number of imide groups is 1. The van der Waals surface area contributed by atoms with Crippen LogP contribution in [0.2, 0.25) is 5.02 Å². The van der Waals surface area contributed by atoms with Gasteiger partial charge in [-0.2, -0.15) is 4.31 Å². The van der Waals surface area contributed by atoms with E-state index in [4.69, 9.17) is 11.6 Å². The fraction of sp³-hybridized carbons (Fsp3) is 0.391. The number of fused-ring (bicyclic) bond motifs is 2. The standard InChI is InChI=1S/C23H23ClN2O4S/c24-17-3-1-2-16(12-17)15-4-8-21(9-5-15)31(29,30)26-18-6-7-19(26)14-20(13-18)25-22(27)10-11-23(25)28/h1-5,8-9,12,18-20H,6-7,10-11,13-14H2. The summed E-state index contributed by atoms with van der Waals surface area (Å²) in [6.45, 7) is 0. The Morgan fingerprint density at radius 2 is 1.42 bits per heavy atom. The molecule has 3 fully saturated rings. The third-order valence-electron chi connectivity index (χ3n) is 6.68. The molecule has 31 heavy (non-hydrogen) atoms. The molecule has 0 spiro atoms. The fourth-order valence-electron chi connectivity index (χ4n) is 5.32. The number of likely N-dealkylation sites (tertiary alicyclic amines) is 1. The third-order valence-corrected chi connectivity index (χ3v) is 8.94. The van der Waals surface area contributed by atoms with Crippen LogP contribution in [0.25, 0.3) is 11.1 Å². The van der Waals surface area contributed by atoms with E-state index in [2.05, 4.69) is 0 Å². The van der Waals surface area contributed by atoms with Crippen LogP contribution in [0.5, 0.6) is 0 Å². The van der Waals surface area contributed by atoms with Crippen molar-refractivity contribution in [3.63, 3.8) is 0 Å². The molecule has 0 saturated carbocycles. The van der Waals surface area contributed by atoms with Crippen LogP contribution in [0.1, 0.15) is 38.5 Å². The molecular formula is C23H23ClN2O4S. The molecule has 0 N–H and O–H groups in total. The van der Waals surface area contributed by atoms with E-state index >= 15 is 0 Å². The molecule has 2 aromatic carbocycles. The van der Waals surface area contributed by atoms with Crippen molar-refractivity contribution in [1.82, 2.24) is 9.21 Å². The maximum absolute atomic E-state index is 13.5. The number of amides is 2. The highest BCUT2D eigenvalue weighted by Crippen LogP contribution is 2.42. The summed E-state index contributed by atoms with van der Waals surface area (Å²) < 4.78 is 28.6. The number of carbonyl (C=O) groups is 2. The molecule has 3 aliphatic rings. The third kappa shape index (κ3) is 3.58. The molecule has 6 nitrogen and oxygen atoms in total. The van der Waals surface area contributed by atoms with Crippen molar-refractivity contribution in [3.8, 4) is 11.1 Å². The summed E-state index contributed by atoms with van der Waals surface area (Å²) in [6.07, 6.45) is 3.10. The molecular weight excluding hydrogens is 436 g/mol. The van der Waals surface area contributed by atoms with Crippen molar-refractivity contribution in [2.24, 2.45) is 0 Å². The van der Waals surface area contributed by atoms with Gasteiger partial charge in [-0.3, -0.25) is 14.5 Å². The number of benzene rings is 2. The summed E-state index contributed by atoms with van der Waals surface area (Å²) in [6, 6.07) is 13.8. The lowest BCUT2D eigenvalue weighted by Crippen LogP contribution is -2.53. The summed E-state index contributed by atoms with van der Waals surface area (Å²) in [7, 11) is -3.66. The first-order chi connectivity index (χ1) is 14.8. The number of hydrogen-bond donors (Lipinski definition) is 0. The van der Waals surface area contributed by atoms with Gasteiger partial charge in [0.05, 0.1) is 4.90 Å². The Labute approximate surface area is 186 Å².